The molecule has 0 heterocycles. The fraction of sp³-hybridized carbons (Fsp3) is 1.00. The lowest BCUT2D eigenvalue weighted by atomic mass is 9.93. The van der Waals surface area contributed by atoms with Crippen molar-refractivity contribution in [1.82, 2.24) is 4.90 Å². The number of nitrogens with zero attached hydrogens (tertiary/aromatic N) is 1. The summed E-state index contributed by atoms with van der Waals surface area (Å²) in [6.07, 6.45) is 4.50. The van der Waals surface area contributed by atoms with Gasteiger partial charge in [0.1, 0.15) is 0 Å². The standard InChI is InChI=1S/C16H35NO/c1-8-13-15(6,9-2)18-16(7,10-3)14-17(11-4)12-5/h8-14H2,1-7H3. The van der Waals surface area contributed by atoms with Crippen molar-refractivity contribution in [3.05, 3.63) is 0 Å². The third kappa shape index (κ3) is 5.71. The third-order valence-corrected chi connectivity index (χ3v) is 4.22. The molecule has 2 unspecified atom stereocenters. The summed E-state index contributed by atoms with van der Waals surface area (Å²) in [7, 11) is 0. The normalized spacial score (nSPS) is 18.7. The van der Waals surface area contributed by atoms with Crippen LogP contribution in [0.15, 0.2) is 0 Å². The molecule has 0 amide bonds. The van der Waals surface area contributed by atoms with E-state index in [-0.39, 0.29) is 11.2 Å². The zero-order valence-electron chi connectivity index (χ0n) is 13.8. The van der Waals surface area contributed by atoms with E-state index >= 15 is 0 Å². The molecule has 0 N–H and O–H groups in total. The second-order valence-electron chi connectivity index (χ2n) is 5.92. The van der Waals surface area contributed by atoms with Crippen LogP contribution in [-0.2, 0) is 4.74 Å². The monoisotopic (exact) mass is 257 g/mol. The van der Waals surface area contributed by atoms with Crippen molar-refractivity contribution >= 4 is 0 Å². The van der Waals surface area contributed by atoms with Gasteiger partial charge in [-0.1, -0.05) is 41.0 Å². The molecular formula is C16H35NO. The van der Waals surface area contributed by atoms with E-state index < -0.39 is 0 Å². The number of ether oxygens (including phenoxy) is 1. The van der Waals surface area contributed by atoms with Crippen molar-refractivity contribution in [3.8, 4) is 0 Å². The van der Waals surface area contributed by atoms with Gasteiger partial charge in [-0.3, -0.25) is 0 Å². The molecule has 0 fully saturated rings. The Labute approximate surface area is 115 Å². The van der Waals surface area contributed by atoms with E-state index in [0.29, 0.717) is 0 Å². The number of hydrogen-bond acceptors (Lipinski definition) is 2. The van der Waals surface area contributed by atoms with Gasteiger partial charge in [-0.05, 0) is 46.2 Å². The molecule has 0 aromatic rings. The van der Waals surface area contributed by atoms with Gasteiger partial charge >= 0.3 is 0 Å². The lowest BCUT2D eigenvalue weighted by Crippen LogP contribution is -2.48. The lowest BCUT2D eigenvalue weighted by molar-refractivity contribution is -0.156. The summed E-state index contributed by atoms with van der Waals surface area (Å²) in [5, 5.41) is 0. The van der Waals surface area contributed by atoms with E-state index in [0.717, 1.165) is 38.9 Å². The molecule has 0 aromatic heterocycles. The molecule has 0 aromatic carbocycles. The third-order valence-electron chi connectivity index (χ3n) is 4.22. The predicted molar refractivity (Wildman–Crippen MR) is 81.2 cm³/mol. The highest BCUT2D eigenvalue weighted by molar-refractivity contribution is 4.84. The molecule has 0 spiro atoms. The van der Waals surface area contributed by atoms with Gasteiger partial charge in [0.05, 0.1) is 11.2 Å². The minimum atomic E-state index is -0.0219. The molecule has 0 rings (SSSR count). The quantitative estimate of drug-likeness (QED) is 0.572. The van der Waals surface area contributed by atoms with E-state index in [4.69, 9.17) is 4.74 Å². The van der Waals surface area contributed by atoms with Gasteiger partial charge in [0, 0.05) is 6.54 Å². The van der Waals surface area contributed by atoms with Crippen LogP contribution in [0.5, 0.6) is 0 Å². The summed E-state index contributed by atoms with van der Waals surface area (Å²) in [5.74, 6) is 0. The summed E-state index contributed by atoms with van der Waals surface area (Å²) < 4.78 is 6.56. The summed E-state index contributed by atoms with van der Waals surface area (Å²) in [5.41, 5.74) is 0.0125. The molecule has 0 saturated heterocycles. The van der Waals surface area contributed by atoms with Crippen LogP contribution in [0.4, 0.5) is 0 Å². The summed E-state index contributed by atoms with van der Waals surface area (Å²) in [6.45, 7) is 19.0. The van der Waals surface area contributed by atoms with Crippen LogP contribution in [0.2, 0.25) is 0 Å². The molecule has 0 aliphatic heterocycles. The SMILES string of the molecule is CCCC(C)(CC)OC(C)(CC)CN(CC)CC. The predicted octanol–water partition coefficient (Wildman–Crippen LogP) is 4.48. The maximum atomic E-state index is 6.56. The van der Waals surface area contributed by atoms with Crippen LogP contribution >= 0.6 is 0 Å². The smallest absolute Gasteiger partial charge is 0.0785 e. The van der Waals surface area contributed by atoms with E-state index in [1.807, 2.05) is 0 Å². The molecule has 2 heteroatoms. The minimum Gasteiger partial charge on any atom is -0.368 e. The average Bonchev–Trinajstić information content (AvgIpc) is 2.36. The van der Waals surface area contributed by atoms with Crippen LogP contribution in [0.25, 0.3) is 0 Å². The van der Waals surface area contributed by atoms with Gasteiger partial charge in [-0.15, -0.1) is 0 Å². The molecule has 2 atom stereocenters. The van der Waals surface area contributed by atoms with Crippen molar-refractivity contribution in [3.63, 3.8) is 0 Å². The van der Waals surface area contributed by atoms with Crippen molar-refractivity contribution in [2.45, 2.75) is 85.4 Å². The molecule has 0 aliphatic carbocycles. The molecule has 110 valence electrons. The Bertz CT molecular complexity index is 215. The van der Waals surface area contributed by atoms with E-state index in [1.165, 1.54) is 6.42 Å². The highest BCUT2D eigenvalue weighted by Crippen LogP contribution is 2.30. The Morgan fingerprint density at radius 3 is 1.67 bits per heavy atom. The van der Waals surface area contributed by atoms with Gasteiger partial charge in [0.15, 0.2) is 0 Å². The topological polar surface area (TPSA) is 12.5 Å². The highest BCUT2D eigenvalue weighted by atomic mass is 16.5. The Hall–Kier alpha value is -0.0800. The number of rotatable bonds is 10. The summed E-state index contributed by atoms with van der Waals surface area (Å²) in [6, 6.07) is 0. The molecule has 2 nitrogen and oxygen atoms in total. The number of likely N-dealkylation sites (N-methyl/N-ethyl adjacent to an activating group) is 1. The van der Waals surface area contributed by atoms with Gasteiger partial charge in [-0.2, -0.15) is 0 Å². The van der Waals surface area contributed by atoms with E-state index in [9.17, 15) is 0 Å². The van der Waals surface area contributed by atoms with Crippen molar-refractivity contribution < 1.29 is 4.74 Å². The first-order valence-electron chi connectivity index (χ1n) is 7.81. The summed E-state index contributed by atoms with van der Waals surface area (Å²) >= 11 is 0. The highest BCUT2D eigenvalue weighted by Gasteiger charge is 2.34. The molecule has 0 aliphatic rings. The summed E-state index contributed by atoms with van der Waals surface area (Å²) in [4.78, 5) is 2.46. The van der Waals surface area contributed by atoms with Crippen LogP contribution in [0.3, 0.4) is 0 Å². The molecule has 18 heavy (non-hydrogen) atoms. The van der Waals surface area contributed by atoms with Crippen LogP contribution in [0, 0.1) is 0 Å². The maximum Gasteiger partial charge on any atom is 0.0785 e. The largest absolute Gasteiger partial charge is 0.368 e. The van der Waals surface area contributed by atoms with E-state index in [2.05, 4.69) is 53.4 Å². The zero-order valence-corrected chi connectivity index (χ0v) is 13.8. The first-order chi connectivity index (χ1) is 8.38. The van der Waals surface area contributed by atoms with Gasteiger partial charge in [0.25, 0.3) is 0 Å². The molecule has 0 saturated carbocycles. The molecular weight excluding hydrogens is 222 g/mol. The minimum absolute atomic E-state index is 0.0219. The first kappa shape index (κ1) is 17.9. The van der Waals surface area contributed by atoms with Crippen LogP contribution < -0.4 is 0 Å². The van der Waals surface area contributed by atoms with Crippen LogP contribution in [0.1, 0.15) is 74.1 Å². The maximum absolute atomic E-state index is 6.56. The Morgan fingerprint density at radius 1 is 0.833 bits per heavy atom. The Balaban J connectivity index is 4.72. The van der Waals surface area contributed by atoms with Gasteiger partial charge in [0.2, 0.25) is 0 Å². The fourth-order valence-corrected chi connectivity index (χ4v) is 2.56. The average molecular weight is 257 g/mol. The van der Waals surface area contributed by atoms with Gasteiger partial charge in [-0.25, -0.2) is 0 Å². The van der Waals surface area contributed by atoms with Crippen molar-refractivity contribution in [2.24, 2.45) is 0 Å². The molecule has 0 bridgehead atoms. The fourth-order valence-electron chi connectivity index (χ4n) is 2.56. The molecule has 0 radical (unpaired) electrons. The van der Waals surface area contributed by atoms with E-state index in [1.54, 1.807) is 0 Å². The number of hydrogen-bond donors (Lipinski definition) is 0. The van der Waals surface area contributed by atoms with Gasteiger partial charge < -0.3 is 9.64 Å². The first-order valence-corrected chi connectivity index (χ1v) is 7.81. The van der Waals surface area contributed by atoms with Crippen molar-refractivity contribution in [2.75, 3.05) is 19.6 Å². The van der Waals surface area contributed by atoms with Crippen LogP contribution in [-0.4, -0.2) is 35.7 Å². The Kier molecular flexibility index (Phi) is 8.13. The zero-order chi connectivity index (χ0) is 14.2. The second-order valence-corrected chi connectivity index (χ2v) is 5.92. The van der Waals surface area contributed by atoms with Crippen molar-refractivity contribution in [1.29, 1.82) is 0 Å². The second kappa shape index (κ2) is 8.16. The Morgan fingerprint density at radius 2 is 1.33 bits per heavy atom. The lowest BCUT2D eigenvalue weighted by Gasteiger charge is -2.42.